The van der Waals surface area contributed by atoms with Crippen molar-refractivity contribution in [1.29, 1.82) is 0 Å². The minimum atomic E-state index is -0.757. The molecule has 3 aromatic rings. The topological polar surface area (TPSA) is 72.5 Å². The Kier molecular flexibility index (Phi) is 4.29. The molecule has 2 N–H and O–H groups in total. The summed E-state index contributed by atoms with van der Waals surface area (Å²) in [5.41, 5.74) is 0.907. The van der Waals surface area contributed by atoms with Crippen LogP contribution >= 0.6 is 0 Å². The van der Waals surface area contributed by atoms with Gasteiger partial charge in [-0.3, -0.25) is 4.79 Å². The van der Waals surface area contributed by atoms with E-state index < -0.39 is 11.6 Å². The molecule has 136 valence electrons. The minimum Gasteiger partial charge on any atom is -0.454 e. The molecule has 0 aliphatic carbocycles. The number of ether oxygens (including phenoxy) is 2. The number of nitrogens with one attached hydrogen (secondary N) is 2. The Morgan fingerprint density at radius 3 is 2.70 bits per heavy atom. The van der Waals surface area contributed by atoms with Crippen molar-refractivity contribution in [1.82, 2.24) is 4.98 Å². The van der Waals surface area contributed by atoms with Gasteiger partial charge in [0.2, 0.25) is 6.79 Å². The lowest BCUT2D eigenvalue weighted by Gasteiger charge is -2.09. The van der Waals surface area contributed by atoms with Gasteiger partial charge in [0.1, 0.15) is 17.5 Å². The first kappa shape index (κ1) is 16.8. The summed E-state index contributed by atoms with van der Waals surface area (Å²) >= 11 is 0. The summed E-state index contributed by atoms with van der Waals surface area (Å²) < 4.78 is 37.3. The van der Waals surface area contributed by atoms with Crippen LogP contribution in [0.2, 0.25) is 0 Å². The predicted octanol–water partition coefficient (Wildman–Crippen LogP) is 4.08. The van der Waals surface area contributed by atoms with Crippen molar-refractivity contribution in [3.05, 3.63) is 71.9 Å². The third kappa shape index (κ3) is 3.64. The van der Waals surface area contributed by atoms with Crippen LogP contribution in [0.25, 0.3) is 0 Å². The molecule has 0 atom stereocenters. The summed E-state index contributed by atoms with van der Waals surface area (Å²) in [7, 11) is 0. The summed E-state index contributed by atoms with van der Waals surface area (Å²) in [6, 6.07) is 11.2. The summed E-state index contributed by atoms with van der Waals surface area (Å²) in [6.45, 7) is 0.145. The molecule has 1 aliphatic heterocycles. The molecule has 1 aliphatic rings. The van der Waals surface area contributed by atoms with E-state index in [1.807, 2.05) is 0 Å². The summed E-state index contributed by atoms with van der Waals surface area (Å²) in [5.74, 6) is -0.394. The number of hydrogen-bond donors (Lipinski definition) is 2. The molecule has 1 aromatic heterocycles. The molecular formula is C19H13F2N3O3. The first-order valence-corrected chi connectivity index (χ1v) is 7.97. The molecule has 0 fully saturated rings. The molecule has 8 heteroatoms. The molecule has 0 saturated carbocycles. The highest BCUT2D eigenvalue weighted by molar-refractivity contribution is 6.04. The van der Waals surface area contributed by atoms with Crippen molar-refractivity contribution in [2.24, 2.45) is 0 Å². The highest BCUT2D eigenvalue weighted by Crippen LogP contribution is 2.34. The number of nitrogens with zero attached hydrogens (tertiary/aromatic N) is 1. The first-order chi connectivity index (χ1) is 13.1. The molecule has 6 nitrogen and oxygen atoms in total. The zero-order valence-corrected chi connectivity index (χ0v) is 13.8. The van der Waals surface area contributed by atoms with E-state index in [-0.39, 0.29) is 24.2 Å². The second-order valence-electron chi connectivity index (χ2n) is 5.70. The van der Waals surface area contributed by atoms with Gasteiger partial charge in [-0.05, 0) is 36.4 Å². The monoisotopic (exact) mass is 369 g/mol. The second kappa shape index (κ2) is 6.91. The molecule has 0 spiro atoms. The minimum absolute atomic E-state index is 0.0530. The summed E-state index contributed by atoms with van der Waals surface area (Å²) in [4.78, 5) is 16.5. The van der Waals surface area contributed by atoms with Crippen LogP contribution in [0.1, 0.15) is 10.4 Å². The van der Waals surface area contributed by atoms with E-state index in [9.17, 15) is 13.6 Å². The predicted molar refractivity (Wildman–Crippen MR) is 94.4 cm³/mol. The smallest absolute Gasteiger partial charge is 0.255 e. The van der Waals surface area contributed by atoms with E-state index in [1.54, 1.807) is 18.2 Å². The lowest BCUT2D eigenvalue weighted by molar-refractivity contribution is 0.102. The zero-order valence-electron chi connectivity index (χ0n) is 13.8. The maximum absolute atomic E-state index is 13.8. The van der Waals surface area contributed by atoms with Crippen LogP contribution in [0.5, 0.6) is 11.5 Å². The number of pyridine rings is 1. The normalized spacial score (nSPS) is 11.9. The van der Waals surface area contributed by atoms with Crippen LogP contribution in [0.3, 0.4) is 0 Å². The second-order valence-corrected chi connectivity index (χ2v) is 5.70. The van der Waals surface area contributed by atoms with Gasteiger partial charge in [-0.2, -0.15) is 0 Å². The largest absolute Gasteiger partial charge is 0.454 e. The van der Waals surface area contributed by atoms with E-state index in [0.29, 0.717) is 22.7 Å². The maximum Gasteiger partial charge on any atom is 0.255 e. The Bertz CT molecular complexity index is 1030. The van der Waals surface area contributed by atoms with Crippen LogP contribution in [0, 0.1) is 11.6 Å². The Morgan fingerprint density at radius 1 is 1.00 bits per heavy atom. The van der Waals surface area contributed by atoms with Crippen LogP contribution in [0.15, 0.2) is 54.7 Å². The van der Waals surface area contributed by atoms with Gasteiger partial charge in [0.05, 0.1) is 5.69 Å². The number of aromatic nitrogens is 1. The van der Waals surface area contributed by atoms with E-state index >= 15 is 0 Å². The Balaban J connectivity index is 1.50. The average molecular weight is 369 g/mol. The fraction of sp³-hybridized carbons (Fsp3) is 0.0526. The number of amides is 1. The van der Waals surface area contributed by atoms with Crippen LogP contribution in [0.4, 0.5) is 26.0 Å². The lowest BCUT2D eigenvalue weighted by Crippen LogP contribution is -2.12. The number of carbonyl (C=O) groups excluding carboxylic acids is 1. The number of anilines is 3. The highest BCUT2D eigenvalue weighted by atomic mass is 19.1. The molecule has 4 rings (SSSR count). The standard InChI is InChI=1S/C19H13F2N3O3/c20-12-1-3-15(14(21)8-12)24-18-7-11(5-6-22-18)19(25)23-13-2-4-16-17(9-13)27-10-26-16/h1-9H,10H2,(H,22,24)(H,23,25). The number of benzene rings is 2. The van der Waals surface area contributed by atoms with Crippen molar-refractivity contribution in [3.63, 3.8) is 0 Å². The number of hydrogen-bond acceptors (Lipinski definition) is 5. The maximum atomic E-state index is 13.8. The summed E-state index contributed by atoms with van der Waals surface area (Å²) in [6.07, 6.45) is 1.41. The Morgan fingerprint density at radius 2 is 1.85 bits per heavy atom. The van der Waals surface area contributed by atoms with Gasteiger partial charge in [-0.25, -0.2) is 13.8 Å². The Hall–Kier alpha value is -3.68. The third-order valence-electron chi connectivity index (χ3n) is 3.85. The van der Waals surface area contributed by atoms with Gasteiger partial charge in [-0.15, -0.1) is 0 Å². The highest BCUT2D eigenvalue weighted by Gasteiger charge is 2.15. The molecule has 0 radical (unpaired) electrons. The fourth-order valence-electron chi connectivity index (χ4n) is 2.55. The van der Waals surface area contributed by atoms with Crippen molar-refractivity contribution in [3.8, 4) is 11.5 Å². The zero-order chi connectivity index (χ0) is 18.8. The quantitative estimate of drug-likeness (QED) is 0.725. The SMILES string of the molecule is O=C(Nc1ccc2c(c1)OCO2)c1ccnc(Nc2ccc(F)cc2F)c1. The molecule has 0 unspecified atom stereocenters. The molecule has 1 amide bonds. The van der Waals surface area contributed by atoms with Gasteiger partial charge in [0.25, 0.3) is 5.91 Å². The van der Waals surface area contributed by atoms with E-state index in [0.717, 1.165) is 12.1 Å². The summed E-state index contributed by atoms with van der Waals surface area (Å²) in [5, 5.41) is 5.47. The van der Waals surface area contributed by atoms with E-state index in [1.165, 1.54) is 24.4 Å². The van der Waals surface area contributed by atoms with Gasteiger partial charge in [0, 0.05) is 29.6 Å². The van der Waals surface area contributed by atoms with Gasteiger partial charge < -0.3 is 20.1 Å². The van der Waals surface area contributed by atoms with E-state index in [4.69, 9.17) is 9.47 Å². The fourth-order valence-corrected chi connectivity index (χ4v) is 2.55. The third-order valence-corrected chi connectivity index (χ3v) is 3.85. The van der Waals surface area contributed by atoms with Crippen LogP contribution in [-0.2, 0) is 0 Å². The van der Waals surface area contributed by atoms with E-state index in [2.05, 4.69) is 15.6 Å². The number of rotatable bonds is 4. The van der Waals surface area contributed by atoms with Crippen molar-refractivity contribution in [2.75, 3.05) is 17.4 Å². The van der Waals surface area contributed by atoms with Gasteiger partial charge in [-0.1, -0.05) is 0 Å². The molecular weight excluding hydrogens is 356 g/mol. The molecule has 27 heavy (non-hydrogen) atoms. The lowest BCUT2D eigenvalue weighted by atomic mass is 10.2. The number of carbonyl (C=O) groups is 1. The molecule has 2 aromatic carbocycles. The molecule has 0 bridgehead atoms. The number of halogens is 2. The number of fused-ring (bicyclic) bond motifs is 1. The van der Waals surface area contributed by atoms with Crippen LogP contribution in [-0.4, -0.2) is 17.7 Å². The molecule has 2 heterocycles. The van der Waals surface area contributed by atoms with Gasteiger partial charge >= 0.3 is 0 Å². The van der Waals surface area contributed by atoms with Gasteiger partial charge in [0.15, 0.2) is 11.5 Å². The van der Waals surface area contributed by atoms with Crippen LogP contribution < -0.4 is 20.1 Å². The first-order valence-electron chi connectivity index (χ1n) is 7.97. The average Bonchev–Trinajstić information content (AvgIpc) is 3.12. The van der Waals surface area contributed by atoms with Crippen molar-refractivity contribution in [2.45, 2.75) is 0 Å². The van der Waals surface area contributed by atoms with Crippen molar-refractivity contribution < 1.29 is 23.0 Å². The Labute approximate surface area is 152 Å². The molecule has 0 saturated heterocycles. The van der Waals surface area contributed by atoms with Crippen molar-refractivity contribution >= 4 is 23.1 Å².